The van der Waals surface area contributed by atoms with E-state index in [1.165, 1.54) is 0 Å². The average Bonchev–Trinajstić information content (AvgIpc) is 0. The molecule has 0 aliphatic rings. The van der Waals surface area contributed by atoms with Crippen molar-refractivity contribution >= 4 is 0 Å². The minimum Gasteiger partial charge on any atom is -1.00 e. The van der Waals surface area contributed by atoms with E-state index >= 15 is 0 Å². The Morgan fingerprint density at radius 2 is 0.375 bits per heavy atom. The standard InChI is InChI=1S/5BrH.2Na.Rh/h5*1H;;;/q;;;;;2*+1;+3/p-5. The third kappa shape index (κ3) is 43.9. The zero-order valence-electron chi connectivity index (χ0n) is 4.22. The predicted molar refractivity (Wildman–Crippen MR) is 0 cm³/mol. The van der Waals surface area contributed by atoms with Gasteiger partial charge in [-0.1, -0.05) is 0 Å². The molecule has 0 aliphatic heterocycles. The van der Waals surface area contributed by atoms with E-state index in [4.69, 9.17) is 0 Å². The van der Waals surface area contributed by atoms with Gasteiger partial charge in [-0.3, -0.25) is 0 Å². The molecule has 8 heteroatoms. The predicted octanol–water partition coefficient (Wildman–Crippen LogP) is -21.0. The summed E-state index contributed by atoms with van der Waals surface area (Å²) >= 11 is 0. The van der Waals surface area contributed by atoms with Gasteiger partial charge in [0.15, 0.2) is 0 Å². The normalized spacial score (nSPS) is 0. The molecule has 0 N–H and O–H groups in total. The molecule has 0 saturated carbocycles. The molecule has 0 spiro atoms. The Hall–Kier alpha value is 5.02. The summed E-state index contributed by atoms with van der Waals surface area (Å²) in [5.41, 5.74) is 0. The van der Waals surface area contributed by atoms with Crippen LogP contribution in [0.5, 0.6) is 0 Å². The molecule has 0 unspecified atom stereocenters. The molecular formula is Br5Na2Rh. The third-order valence-electron chi connectivity index (χ3n) is 0. The van der Waals surface area contributed by atoms with Crippen molar-refractivity contribution in [3.63, 3.8) is 0 Å². The number of hydrogen-bond acceptors (Lipinski definition) is 0. The molecule has 0 heterocycles. The number of halogens is 5. The van der Waals surface area contributed by atoms with Crippen LogP contribution in [-0.2, 0) is 19.5 Å². The van der Waals surface area contributed by atoms with Crippen LogP contribution in [0.4, 0.5) is 0 Å². The molecule has 0 nitrogen and oxygen atoms in total. The average molecular weight is 548 g/mol. The number of hydrogen-bond donors (Lipinski definition) is 0. The van der Waals surface area contributed by atoms with Gasteiger partial charge in [-0.05, 0) is 0 Å². The van der Waals surface area contributed by atoms with Gasteiger partial charge in [0.1, 0.15) is 0 Å². The summed E-state index contributed by atoms with van der Waals surface area (Å²) in [6.45, 7) is 0. The van der Waals surface area contributed by atoms with E-state index in [0.717, 1.165) is 0 Å². The summed E-state index contributed by atoms with van der Waals surface area (Å²) in [5.74, 6) is 0. The molecule has 0 aromatic carbocycles. The number of rotatable bonds is 0. The maximum atomic E-state index is 0. The quantitative estimate of drug-likeness (QED) is 0.264. The topological polar surface area (TPSA) is 0 Å². The molecule has 0 saturated heterocycles. The van der Waals surface area contributed by atoms with E-state index < -0.39 is 0 Å². The van der Waals surface area contributed by atoms with E-state index in [2.05, 4.69) is 0 Å². The van der Waals surface area contributed by atoms with Crippen molar-refractivity contribution < 1.29 is 163 Å². The zero-order chi connectivity index (χ0) is 0. The fourth-order valence-electron chi connectivity index (χ4n) is 0. The van der Waals surface area contributed by atoms with Crippen molar-refractivity contribution in [1.82, 2.24) is 0 Å². The first-order valence-electron chi connectivity index (χ1n) is 0. The van der Waals surface area contributed by atoms with E-state index in [1.54, 1.807) is 0 Å². The van der Waals surface area contributed by atoms with Gasteiger partial charge in [-0.15, -0.1) is 0 Å². The smallest absolute Gasteiger partial charge is 1.00 e. The molecule has 0 radical (unpaired) electrons. The van der Waals surface area contributed by atoms with Gasteiger partial charge in [-0.25, -0.2) is 0 Å². The first kappa shape index (κ1) is 74.6. The zero-order valence-corrected chi connectivity index (χ0v) is 17.8. The maximum absolute atomic E-state index is 0. The van der Waals surface area contributed by atoms with Crippen LogP contribution < -0.4 is 144 Å². The minimum atomic E-state index is 0. The van der Waals surface area contributed by atoms with Crippen molar-refractivity contribution in [2.45, 2.75) is 0 Å². The summed E-state index contributed by atoms with van der Waals surface area (Å²) in [7, 11) is 0. The molecule has 0 fully saturated rings. The Kier molecular flexibility index (Phi) is 540. The van der Waals surface area contributed by atoms with Crippen LogP contribution in [0.1, 0.15) is 0 Å². The van der Waals surface area contributed by atoms with Crippen molar-refractivity contribution in [2.24, 2.45) is 0 Å². The minimum absolute atomic E-state index is 0. The van der Waals surface area contributed by atoms with Crippen LogP contribution in [0.3, 0.4) is 0 Å². The summed E-state index contributed by atoms with van der Waals surface area (Å²) in [4.78, 5) is 0. The SMILES string of the molecule is [Br-].[Br-].[Br-].[Br-].[Br-].[Na+].[Na+].[Rh+3]. The van der Waals surface area contributed by atoms with Crippen LogP contribution in [0, 0.1) is 0 Å². The van der Waals surface area contributed by atoms with Gasteiger partial charge in [-0.2, -0.15) is 0 Å². The molecule has 0 bridgehead atoms. The van der Waals surface area contributed by atoms with E-state index in [9.17, 15) is 0 Å². The van der Waals surface area contributed by atoms with Crippen molar-refractivity contribution in [1.29, 1.82) is 0 Å². The van der Waals surface area contributed by atoms with Gasteiger partial charge >= 0.3 is 78.6 Å². The van der Waals surface area contributed by atoms with Gasteiger partial charge < -0.3 is 84.9 Å². The van der Waals surface area contributed by atoms with Crippen LogP contribution in [0.15, 0.2) is 0 Å². The van der Waals surface area contributed by atoms with E-state index in [-0.39, 0.29) is 163 Å². The first-order chi connectivity index (χ1) is 0. The largest absolute Gasteiger partial charge is 3.00 e. The molecule has 0 amide bonds. The van der Waals surface area contributed by atoms with Crippen LogP contribution >= 0.6 is 0 Å². The van der Waals surface area contributed by atoms with Gasteiger partial charge in [0.25, 0.3) is 0 Å². The second-order valence-electron chi connectivity index (χ2n) is 0. The summed E-state index contributed by atoms with van der Waals surface area (Å²) in [5, 5.41) is 0. The maximum Gasteiger partial charge on any atom is 3.00 e. The van der Waals surface area contributed by atoms with Crippen molar-refractivity contribution in [3.8, 4) is 0 Å². The molecule has 8 heavy (non-hydrogen) atoms. The van der Waals surface area contributed by atoms with E-state index in [0.29, 0.717) is 0 Å². The fourth-order valence-corrected chi connectivity index (χ4v) is 0. The summed E-state index contributed by atoms with van der Waals surface area (Å²) in [6.07, 6.45) is 0. The first-order valence-corrected chi connectivity index (χ1v) is 0. The Morgan fingerprint density at radius 3 is 0.375 bits per heavy atom. The Balaban J connectivity index is 0. The van der Waals surface area contributed by atoms with Crippen LogP contribution in [0.2, 0.25) is 0 Å². The molecule has 0 aromatic heterocycles. The Labute approximate surface area is 160 Å². The van der Waals surface area contributed by atoms with Gasteiger partial charge in [0.2, 0.25) is 0 Å². The third-order valence-corrected chi connectivity index (χ3v) is 0. The molecule has 0 atom stereocenters. The second-order valence-corrected chi connectivity index (χ2v) is 0. The second kappa shape index (κ2) is 57.9. The summed E-state index contributed by atoms with van der Waals surface area (Å²) < 4.78 is 0. The fraction of sp³-hybridized carbons (Fsp3) is 0. The van der Waals surface area contributed by atoms with Crippen molar-refractivity contribution in [3.05, 3.63) is 0 Å². The monoisotopic (exact) mass is 543 g/mol. The molecule has 0 rings (SSSR count). The summed E-state index contributed by atoms with van der Waals surface area (Å²) in [6, 6.07) is 0. The Bertz CT molecular complexity index is 10.4. The molecular weight excluding hydrogens is 548 g/mol. The van der Waals surface area contributed by atoms with Crippen LogP contribution in [-0.4, -0.2) is 0 Å². The Morgan fingerprint density at radius 1 is 0.375 bits per heavy atom. The van der Waals surface area contributed by atoms with E-state index in [1.807, 2.05) is 0 Å². The molecule has 0 aliphatic carbocycles. The van der Waals surface area contributed by atoms with Gasteiger partial charge in [0.05, 0.1) is 0 Å². The van der Waals surface area contributed by atoms with Crippen molar-refractivity contribution in [2.75, 3.05) is 0 Å². The molecule has 46 valence electrons. The van der Waals surface area contributed by atoms with Crippen LogP contribution in [0.25, 0.3) is 0 Å². The van der Waals surface area contributed by atoms with Gasteiger partial charge in [0, 0.05) is 0 Å². The molecule has 0 aromatic rings.